The lowest BCUT2D eigenvalue weighted by atomic mass is 10.0. The Labute approximate surface area is 202 Å². The number of tetrazole rings is 1. The molecule has 174 valence electrons. The summed E-state index contributed by atoms with van der Waals surface area (Å²) in [4.78, 5) is 25.1. The second-order valence-electron chi connectivity index (χ2n) is 8.17. The summed E-state index contributed by atoms with van der Waals surface area (Å²) in [5.74, 6) is 0.555. The number of pyridine rings is 2. The van der Waals surface area contributed by atoms with Gasteiger partial charge in [-0.25, -0.2) is 14.4 Å². The first kappa shape index (κ1) is 21.2. The molecule has 1 aliphatic rings. The van der Waals surface area contributed by atoms with Gasteiger partial charge in [-0.05, 0) is 65.2 Å². The number of anilines is 1. The predicted octanol–water partition coefficient (Wildman–Crippen LogP) is 3.19. The number of halogens is 2. The van der Waals surface area contributed by atoms with Crippen LogP contribution in [0, 0.1) is 5.82 Å². The van der Waals surface area contributed by atoms with Crippen LogP contribution in [-0.2, 0) is 6.42 Å². The molecule has 6 rings (SSSR count). The first-order chi connectivity index (χ1) is 17.0. The van der Waals surface area contributed by atoms with Crippen LogP contribution in [0.1, 0.15) is 24.0 Å². The van der Waals surface area contributed by atoms with Gasteiger partial charge in [0.2, 0.25) is 0 Å². The van der Waals surface area contributed by atoms with Crippen molar-refractivity contribution in [2.24, 2.45) is 0 Å². The summed E-state index contributed by atoms with van der Waals surface area (Å²) in [6.07, 6.45) is 4.33. The molecule has 3 N–H and O–H groups in total. The molecule has 0 spiro atoms. The van der Waals surface area contributed by atoms with Crippen molar-refractivity contribution in [2.45, 2.75) is 18.9 Å². The van der Waals surface area contributed by atoms with Crippen LogP contribution in [0.15, 0.2) is 59.8 Å². The van der Waals surface area contributed by atoms with E-state index in [4.69, 9.17) is 17.3 Å². The molecule has 0 saturated heterocycles. The zero-order chi connectivity index (χ0) is 24.1. The van der Waals surface area contributed by atoms with Crippen molar-refractivity contribution in [3.63, 3.8) is 0 Å². The van der Waals surface area contributed by atoms with Crippen LogP contribution in [0.25, 0.3) is 28.1 Å². The fraction of sp³-hybridized carbons (Fsp3) is 0.130. The molecule has 1 atom stereocenters. The number of H-pyrrole nitrogens is 1. The first-order valence-corrected chi connectivity index (χ1v) is 11.1. The number of nitrogens with zero attached hydrogens (tertiary/aromatic N) is 7. The molecule has 0 aliphatic carbocycles. The van der Waals surface area contributed by atoms with Crippen molar-refractivity contribution in [1.82, 2.24) is 39.7 Å². The van der Waals surface area contributed by atoms with Crippen LogP contribution in [0.5, 0.6) is 0 Å². The topological polar surface area (TPSA) is 133 Å². The Morgan fingerprint density at radius 2 is 2.03 bits per heavy atom. The lowest BCUT2D eigenvalue weighted by Crippen LogP contribution is -2.24. The van der Waals surface area contributed by atoms with E-state index in [9.17, 15) is 9.18 Å². The molecule has 10 nitrogen and oxygen atoms in total. The molecule has 0 bridgehead atoms. The third kappa shape index (κ3) is 3.66. The second kappa shape index (κ2) is 8.13. The number of hydrogen-bond acceptors (Lipinski definition) is 7. The number of fused-ring (bicyclic) bond motifs is 1. The highest BCUT2D eigenvalue weighted by atomic mass is 35.5. The lowest BCUT2D eigenvalue weighted by molar-refractivity contribution is 0.572. The van der Waals surface area contributed by atoms with Crippen molar-refractivity contribution in [3.8, 4) is 28.1 Å². The molecular weight excluding hydrogens is 473 g/mol. The second-order valence-corrected chi connectivity index (χ2v) is 8.53. The van der Waals surface area contributed by atoms with E-state index in [-0.39, 0.29) is 16.8 Å². The van der Waals surface area contributed by atoms with Gasteiger partial charge in [0.1, 0.15) is 23.8 Å². The number of nitrogens with two attached hydrogens (primary N) is 1. The average Bonchev–Trinajstić information content (AvgIpc) is 3.59. The van der Waals surface area contributed by atoms with Gasteiger partial charge >= 0.3 is 0 Å². The Balaban J connectivity index is 1.41. The molecule has 1 aromatic carbocycles. The van der Waals surface area contributed by atoms with Gasteiger partial charge in [0, 0.05) is 29.1 Å². The summed E-state index contributed by atoms with van der Waals surface area (Å²) in [5.41, 5.74) is 9.27. The molecule has 0 unspecified atom stereocenters. The van der Waals surface area contributed by atoms with E-state index in [2.05, 4.69) is 30.5 Å². The number of aryl methyl sites for hydroxylation is 1. The minimum Gasteiger partial charge on any atom is -0.384 e. The summed E-state index contributed by atoms with van der Waals surface area (Å²) in [5, 5.41) is 11.5. The molecule has 0 amide bonds. The highest BCUT2D eigenvalue weighted by Crippen LogP contribution is 2.35. The Morgan fingerprint density at radius 3 is 2.80 bits per heavy atom. The maximum atomic E-state index is 14.2. The molecule has 4 aromatic heterocycles. The first-order valence-electron chi connectivity index (χ1n) is 10.7. The molecule has 1 aliphatic heterocycles. The summed E-state index contributed by atoms with van der Waals surface area (Å²) < 4.78 is 17.3. The minimum atomic E-state index is -0.426. The maximum absolute atomic E-state index is 14.2. The van der Waals surface area contributed by atoms with Crippen LogP contribution in [-0.4, -0.2) is 39.7 Å². The van der Waals surface area contributed by atoms with Crippen molar-refractivity contribution in [3.05, 3.63) is 87.8 Å². The van der Waals surface area contributed by atoms with Gasteiger partial charge in [-0.3, -0.25) is 4.79 Å². The van der Waals surface area contributed by atoms with Crippen LogP contribution >= 0.6 is 11.6 Å². The third-order valence-electron chi connectivity index (χ3n) is 6.07. The van der Waals surface area contributed by atoms with Crippen molar-refractivity contribution >= 4 is 17.4 Å². The van der Waals surface area contributed by atoms with Gasteiger partial charge in [-0.2, -0.15) is 4.68 Å². The number of aromatic nitrogens is 8. The van der Waals surface area contributed by atoms with E-state index in [0.717, 1.165) is 11.3 Å². The Bertz CT molecular complexity index is 1610. The molecule has 35 heavy (non-hydrogen) atoms. The minimum absolute atomic E-state index is 0.227. The van der Waals surface area contributed by atoms with Crippen LogP contribution in [0.4, 0.5) is 10.2 Å². The Hall–Kier alpha value is -4.38. The number of nitrogens with one attached hydrogen (secondary N) is 1. The third-order valence-corrected chi connectivity index (χ3v) is 6.34. The largest absolute Gasteiger partial charge is 0.384 e. The number of benzene rings is 1. The highest BCUT2D eigenvalue weighted by molar-refractivity contribution is 6.31. The maximum Gasteiger partial charge on any atom is 0.252 e. The molecule has 0 fully saturated rings. The summed E-state index contributed by atoms with van der Waals surface area (Å²) in [6, 6.07) is 10.8. The number of rotatable bonds is 4. The lowest BCUT2D eigenvalue weighted by Gasteiger charge is -2.14. The fourth-order valence-electron chi connectivity index (χ4n) is 4.49. The molecule has 12 heteroatoms. The molecule has 0 radical (unpaired) electrons. The van der Waals surface area contributed by atoms with E-state index >= 15 is 0 Å². The van der Waals surface area contributed by atoms with Gasteiger partial charge in [0.05, 0.1) is 17.4 Å². The number of hydrogen-bond donors (Lipinski definition) is 2. The van der Waals surface area contributed by atoms with Crippen LogP contribution in [0.2, 0.25) is 5.15 Å². The van der Waals surface area contributed by atoms with Crippen molar-refractivity contribution in [1.29, 1.82) is 0 Å². The predicted molar refractivity (Wildman–Crippen MR) is 127 cm³/mol. The standard InChI is InChI=1S/C23H17ClFN9O/c24-22-21(12-1-6-19(26)27-10-12)29-23(30-22)18-5-3-15-7-13(8-20(35)34(15)18)16-9-14(25)2-4-17(16)33-11-28-31-32-33/h1-2,4,6-11,18H,3,5H2,(H2,26,27)(H,29,30)/t18-/m0/s1. The van der Waals surface area contributed by atoms with E-state index in [0.29, 0.717) is 47.0 Å². The summed E-state index contributed by atoms with van der Waals surface area (Å²) in [6.45, 7) is 0. The zero-order valence-electron chi connectivity index (χ0n) is 18.1. The van der Waals surface area contributed by atoms with Crippen molar-refractivity contribution in [2.75, 3.05) is 5.73 Å². The molecular formula is C23H17ClFN9O. The smallest absolute Gasteiger partial charge is 0.252 e. The zero-order valence-corrected chi connectivity index (χ0v) is 18.8. The van der Waals surface area contributed by atoms with Gasteiger partial charge in [-0.15, -0.1) is 5.10 Å². The highest BCUT2D eigenvalue weighted by Gasteiger charge is 2.29. The number of aromatic amines is 1. The monoisotopic (exact) mass is 489 g/mol. The van der Waals surface area contributed by atoms with E-state index in [1.54, 1.807) is 29.0 Å². The summed E-state index contributed by atoms with van der Waals surface area (Å²) >= 11 is 6.41. The van der Waals surface area contributed by atoms with Crippen LogP contribution < -0.4 is 11.3 Å². The molecule has 5 aromatic rings. The summed E-state index contributed by atoms with van der Waals surface area (Å²) in [7, 11) is 0. The van der Waals surface area contributed by atoms with Crippen LogP contribution in [0.3, 0.4) is 0 Å². The normalized spacial score (nSPS) is 14.9. The van der Waals surface area contributed by atoms with Gasteiger partial charge in [0.25, 0.3) is 5.56 Å². The Morgan fingerprint density at radius 1 is 1.14 bits per heavy atom. The molecule has 5 heterocycles. The van der Waals surface area contributed by atoms with E-state index in [1.807, 2.05) is 6.07 Å². The van der Waals surface area contributed by atoms with Crippen molar-refractivity contribution < 1.29 is 4.39 Å². The SMILES string of the molecule is Nc1ccc(-c2[nH]c([C@@H]3CCc4cc(-c5cc(F)ccc5-n5cnnn5)cc(=O)n43)nc2Cl)cn1. The number of imidazole rings is 1. The van der Waals surface area contributed by atoms with Gasteiger partial charge in [0.15, 0.2) is 5.15 Å². The molecule has 0 saturated carbocycles. The Kier molecular flexibility index (Phi) is 4.92. The average molecular weight is 490 g/mol. The number of nitrogen functional groups attached to an aromatic ring is 1. The van der Waals surface area contributed by atoms with E-state index in [1.165, 1.54) is 29.2 Å². The van der Waals surface area contributed by atoms with Gasteiger partial charge in [-0.1, -0.05) is 11.6 Å². The fourth-order valence-corrected chi connectivity index (χ4v) is 4.74. The van der Waals surface area contributed by atoms with Gasteiger partial charge < -0.3 is 15.3 Å². The van der Waals surface area contributed by atoms with E-state index < -0.39 is 5.82 Å². The quantitative estimate of drug-likeness (QED) is 0.396.